The smallest absolute Gasteiger partial charge is 0.282 e. The zero-order valence-electron chi connectivity index (χ0n) is 12.6. The van der Waals surface area contributed by atoms with Crippen LogP contribution >= 0.6 is 0 Å². The van der Waals surface area contributed by atoms with Gasteiger partial charge in [0.05, 0.1) is 6.04 Å². The lowest BCUT2D eigenvalue weighted by atomic mass is 10.1. The van der Waals surface area contributed by atoms with Gasteiger partial charge in [0.1, 0.15) is 5.82 Å². The number of nitrogens with zero attached hydrogens (tertiary/aromatic N) is 2. The maximum atomic E-state index is 13.4. The summed E-state index contributed by atoms with van der Waals surface area (Å²) in [6.45, 7) is 5.11. The van der Waals surface area contributed by atoms with E-state index in [-0.39, 0.29) is 17.9 Å². The summed E-state index contributed by atoms with van der Waals surface area (Å²) in [6.07, 6.45) is 0. The molecule has 5 nitrogen and oxygen atoms in total. The summed E-state index contributed by atoms with van der Waals surface area (Å²) < 4.78 is 41.7. The quantitative estimate of drug-likeness (QED) is 0.913. The first-order chi connectivity index (χ1) is 9.84. The topological polar surface area (TPSA) is 52.7 Å². The van der Waals surface area contributed by atoms with Crippen molar-refractivity contribution in [1.29, 1.82) is 0 Å². The lowest BCUT2D eigenvalue weighted by molar-refractivity contribution is 0.245. The third-order valence-corrected chi connectivity index (χ3v) is 5.99. The van der Waals surface area contributed by atoms with Gasteiger partial charge in [-0.25, -0.2) is 4.39 Å². The Morgan fingerprint density at radius 3 is 2.76 bits per heavy atom. The lowest BCUT2D eigenvalue weighted by Crippen LogP contribution is -2.53. The zero-order chi connectivity index (χ0) is 15.6. The fourth-order valence-electron chi connectivity index (χ4n) is 2.39. The van der Waals surface area contributed by atoms with Crippen LogP contribution in [0.2, 0.25) is 0 Å². The fraction of sp³-hybridized carbons (Fsp3) is 0.571. The van der Waals surface area contributed by atoms with Gasteiger partial charge in [0.2, 0.25) is 0 Å². The summed E-state index contributed by atoms with van der Waals surface area (Å²) in [4.78, 5) is 0. The molecule has 1 aromatic rings. The van der Waals surface area contributed by atoms with E-state index in [9.17, 15) is 12.8 Å². The summed E-state index contributed by atoms with van der Waals surface area (Å²) in [5, 5.41) is 3.18. The molecule has 1 aliphatic rings. The zero-order valence-corrected chi connectivity index (χ0v) is 13.4. The van der Waals surface area contributed by atoms with E-state index in [0.717, 1.165) is 0 Å². The Bertz CT molecular complexity index is 592. The Morgan fingerprint density at radius 2 is 2.14 bits per heavy atom. The van der Waals surface area contributed by atoms with Crippen LogP contribution in [0.5, 0.6) is 0 Å². The monoisotopic (exact) mass is 315 g/mol. The average molecular weight is 315 g/mol. The molecular formula is C14H22FN3O2S. The van der Waals surface area contributed by atoms with E-state index in [1.54, 1.807) is 19.2 Å². The standard InChI is InChI=1S/C14H22FN3O2S/c1-11(2)17(3)21(19,20)18-8-7-16-10-14(18)12-5-4-6-13(15)9-12/h4-6,9,11,14,16H,7-8,10H2,1-3H3. The molecule has 1 unspecified atom stereocenters. The van der Waals surface area contributed by atoms with Crippen molar-refractivity contribution in [3.05, 3.63) is 35.6 Å². The Hall–Kier alpha value is -1.02. The van der Waals surface area contributed by atoms with Crippen molar-refractivity contribution in [2.24, 2.45) is 0 Å². The van der Waals surface area contributed by atoms with Crippen molar-refractivity contribution in [1.82, 2.24) is 13.9 Å². The molecular weight excluding hydrogens is 293 g/mol. The molecule has 0 aliphatic carbocycles. The minimum Gasteiger partial charge on any atom is -0.313 e. The Balaban J connectivity index is 2.36. The van der Waals surface area contributed by atoms with Crippen LogP contribution in [-0.2, 0) is 10.2 Å². The molecule has 1 heterocycles. The predicted molar refractivity (Wildman–Crippen MR) is 80.5 cm³/mol. The number of hydrogen-bond acceptors (Lipinski definition) is 3. The second-order valence-corrected chi connectivity index (χ2v) is 7.44. The third-order valence-electron chi connectivity index (χ3n) is 3.82. The normalized spacial score (nSPS) is 21.1. The van der Waals surface area contributed by atoms with Gasteiger partial charge in [-0.2, -0.15) is 17.0 Å². The van der Waals surface area contributed by atoms with Gasteiger partial charge in [-0.05, 0) is 31.5 Å². The van der Waals surface area contributed by atoms with Crippen LogP contribution in [0.15, 0.2) is 24.3 Å². The molecule has 1 fully saturated rings. The number of halogens is 1. The molecule has 1 aromatic carbocycles. The highest BCUT2D eigenvalue weighted by molar-refractivity contribution is 7.86. The molecule has 0 bridgehead atoms. The maximum Gasteiger partial charge on any atom is 0.282 e. The van der Waals surface area contributed by atoms with Crippen LogP contribution in [0.25, 0.3) is 0 Å². The van der Waals surface area contributed by atoms with Gasteiger partial charge < -0.3 is 5.32 Å². The van der Waals surface area contributed by atoms with Crippen LogP contribution in [0.3, 0.4) is 0 Å². The molecule has 1 atom stereocenters. The number of piperazine rings is 1. The van der Waals surface area contributed by atoms with E-state index in [0.29, 0.717) is 25.2 Å². The van der Waals surface area contributed by atoms with Crippen LogP contribution in [0, 0.1) is 5.82 Å². The molecule has 2 rings (SSSR count). The molecule has 21 heavy (non-hydrogen) atoms. The van der Waals surface area contributed by atoms with Crippen LogP contribution < -0.4 is 5.32 Å². The summed E-state index contributed by atoms with van der Waals surface area (Å²) in [5.74, 6) is -0.354. The van der Waals surface area contributed by atoms with Gasteiger partial charge in [0.15, 0.2) is 0 Å². The SMILES string of the molecule is CC(C)N(C)S(=O)(=O)N1CCNCC1c1cccc(F)c1. The second kappa shape index (κ2) is 6.39. The van der Waals surface area contributed by atoms with E-state index < -0.39 is 10.2 Å². The fourth-order valence-corrected chi connectivity index (χ4v) is 4.10. The van der Waals surface area contributed by atoms with Gasteiger partial charge in [-0.3, -0.25) is 0 Å². The summed E-state index contributed by atoms with van der Waals surface area (Å²) in [5.41, 5.74) is 0.669. The van der Waals surface area contributed by atoms with Gasteiger partial charge >= 0.3 is 0 Å². The molecule has 118 valence electrons. The van der Waals surface area contributed by atoms with Crippen LogP contribution in [0.1, 0.15) is 25.5 Å². The van der Waals surface area contributed by atoms with Crippen LogP contribution in [0.4, 0.5) is 4.39 Å². The maximum absolute atomic E-state index is 13.4. The molecule has 1 N–H and O–H groups in total. The Labute approximate surface area is 125 Å². The van der Waals surface area contributed by atoms with Gasteiger partial charge in [-0.1, -0.05) is 12.1 Å². The highest BCUT2D eigenvalue weighted by Gasteiger charge is 2.36. The number of rotatable bonds is 4. The van der Waals surface area contributed by atoms with Gasteiger partial charge in [0, 0.05) is 32.7 Å². The molecule has 0 spiro atoms. The highest BCUT2D eigenvalue weighted by Crippen LogP contribution is 2.27. The predicted octanol–water partition coefficient (Wildman–Crippen LogP) is 1.36. The second-order valence-electron chi connectivity index (χ2n) is 5.50. The summed E-state index contributed by atoms with van der Waals surface area (Å²) >= 11 is 0. The number of nitrogens with one attached hydrogen (secondary N) is 1. The first-order valence-electron chi connectivity index (χ1n) is 7.05. The van der Waals surface area contributed by atoms with Crippen molar-refractivity contribution < 1.29 is 12.8 Å². The van der Waals surface area contributed by atoms with Crippen LogP contribution in [-0.4, -0.2) is 49.8 Å². The average Bonchev–Trinajstić information content (AvgIpc) is 2.46. The van der Waals surface area contributed by atoms with E-state index >= 15 is 0 Å². The minimum atomic E-state index is -3.57. The molecule has 7 heteroatoms. The van der Waals surface area contributed by atoms with E-state index in [1.165, 1.54) is 20.7 Å². The van der Waals surface area contributed by atoms with Crippen molar-refractivity contribution in [2.45, 2.75) is 25.9 Å². The van der Waals surface area contributed by atoms with Gasteiger partial charge in [0.25, 0.3) is 10.2 Å². The lowest BCUT2D eigenvalue weighted by Gasteiger charge is -2.38. The Morgan fingerprint density at radius 1 is 1.43 bits per heavy atom. The third kappa shape index (κ3) is 3.42. The van der Waals surface area contributed by atoms with E-state index in [1.807, 2.05) is 13.8 Å². The molecule has 0 aromatic heterocycles. The van der Waals surface area contributed by atoms with Gasteiger partial charge in [-0.15, -0.1) is 0 Å². The molecule has 1 aliphatic heterocycles. The van der Waals surface area contributed by atoms with Crippen molar-refractivity contribution in [3.63, 3.8) is 0 Å². The Kier molecular flexibility index (Phi) is 4.98. The number of benzene rings is 1. The highest BCUT2D eigenvalue weighted by atomic mass is 32.2. The van der Waals surface area contributed by atoms with Crippen molar-refractivity contribution in [3.8, 4) is 0 Å². The van der Waals surface area contributed by atoms with E-state index in [4.69, 9.17) is 0 Å². The molecule has 0 saturated carbocycles. The minimum absolute atomic E-state index is 0.127. The largest absolute Gasteiger partial charge is 0.313 e. The molecule has 0 amide bonds. The summed E-state index contributed by atoms with van der Waals surface area (Å²) in [6, 6.07) is 5.61. The first kappa shape index (κ1) is 16.4. The van der Waals surface area contributed by atoms with Crippen molar-refractivity contribution >= 4 is 10.2 Å². The van der Waals surface area contributed by atoms with Crippen molar-refractivity contribution in [2.75, 3.05) is 26.7 Å². The molecule has 1 saturated heterocycles. The first-order valence-corrected chi connectivity index (χ1v) is 8.44. The van der Waals surface area contributed by atoms with E-state index in [2.05, 4.69) is 5.32 Å². The molecule has 0 radical (unpaired) electrons. The number of hydrogen-bond donors (Lipinski definition) is 1. The summed E-state index contributed by atoms with van der Waals surface area (Å²) in [7, 11) is -1.99.